The third-order valence-corrected chi connectivity index (χ3v) is 3.92. The van der Waals surface area contributed by atoms with E-state index in [9.17, 15) is 74.6 Å². The van der Waals surface area contributed by atoms with Gasteiger partial charge in [-0.05, 0) is 6.92 Å². The molecule has 0 radical (unpaired) electrons. The lowest BCUT2D eigenvalue weighted by Crippen LogP contribution is -2.74. The monoisotopic (exact) mass is 574 g/mol. The fraction of sp³-hybridized carbons (Fsp3) is 1.00. The van der Waals surface area contributed by atoms with Crippen molar-refractivity contribution in [3.05, 3.63) is 0 Å². The molecule has 0 saturated heterocycles. The van der Waals surface area contributed by atoms with E-state index >= 15 is 0 Å². The summed E-state index contributed by atoms with van der Waals surface area (Å²) < 4.78 is 213. The third kappa shape index (κ3) is 3.27. The number of hydrogen-bond acceptors (Lipinski definition) is 0. The van der Waals surface area contributed by atoms with Crippen molar-refractivity contribution < 1.29 is 74.6 Å². The van der Waals surface area contributed by atoms with Gasteiger partial charge in [-0.15, -0.1) is 0 Å². The van der Waals surface area contributed by atoms with E-state index in [2.05, 4.69) is 0 Å². The summed E-state index contributed by atoms with van der Waals surface area (Å²) in [5.41, 5.74) is 0. The van der Waals surface area contributed by atoms with Crippen LogP contribution < -0.4 is 0 Å². The molecule has 0 heterocycles. The first-order valence-electron chi connectivity index (χ1n) is 6.05. The van der Waals surface area contributed by atoms with Crippen LogP contribution in [0.4, 0.5) is 74.6 Å². The van der Waals surface area contributed by atoms with E-state index in [0.29, 0.717) is 0 Å². The highest BCUT2D eigenvalue weighted by Crippen LogP contribution is 2.64. The molecule has 18 heteroatoms. The predicted molar refractivity (Wildman–Crippen MR) is 64.2 cm³/mol. The molecule has 0 spiro atoms. The summed E-state index contributed by atoms with van der Waals surface area (Å²) in [6.45, 7) is -0.639. The summed E-state index contributed by atoms with van der Waals surface area (Å²) in [5, 5.41) is 0. The van der Waals surface area contributed by atoms with E-state index in [0.717, 1.165) is 0 Å². The summed E-state index contributed by atoms with van der Waals surface area (Å²) in [7, 11) is 0. The lowest BCUT2D eigenvalue weighted by atomic mass is 9.88. The summed E-state index contributed by atoms with van der Waals surface area (Å²) >= 11 is -0.975. The number of alkyl halides is 18. The minimum atomic E-state index is -8.50. The molecule has 1 unspecified atom stereocenters. The zero-order chi connectivity index (χ0) is 23.6. The minimum Gasteiger partial charge on any atom is -0.241 e. The Morgan fingerprint density at radius 2 is 0.679 bits per heavy atom. The van der Waals surface area contributed by atoms with Crippen LogP contribution >= 0.6 is 22.6 Å². The fourth-order valence-electron chi connectivity index (χ4n) is 1.43. The maximum absolute atomic E-state index is 13.2. The van der Waals surface area contributed by atoms with Crippen molar-refractivity contribution in [2.24, 2.45) is 0 Å². The van der Waals surface area contributed by atoms with Crippen LogP contribution in [0.1, 0.15) is 6.92 Å². The Kier molecular flexibility index (Phi) is 6.67. The van der Waals surface area contributed by atoms with Crippen LogP contribution in [0.15, 0.2) is 0 Å². The topological polar surface area (TPSA) is 0 Å². The van der Waals surface area contributed by atoms with Crippen molar-refractivity contribution in [2.45, 2.75) is 58.5 Å². The molecule has 0 N–H and O–H groups in total. The molecule has 0 aliphatic heterocycles. The van der Waals surface area contributed by atoms with Gasteiger partial charge in [-0.1, -0.05) is 0 Å². The fourth-order valence-corrected chi connectivity index (χ4v) is 1.76. The van der Waals surface area contributed by atoms with Crippen molar-refractivity contribution in [1.82, 2.24) is 0 Å². The summed E-state index contributed by atoms with van der Waals surface area (Å²) in [4.78, 5) is 0. The molecule has 0 aromatic rings. The van der Waals surface area contributed by atoms with Gasteiger partial charge in [-0.25, -0.2) is 4.39 Å². The second-order valence-electron chi connectivity index (χ2n) is 5.18. The van der Waals surface area contributed by atoms with Gasteiger partial charge in [0.05, 0.1) is 0 Å². The maximum atomic E-state index is 13.2. The van der Waals surface area contributed by atoms with Crippen LogP contribution in [-0.4, -0.2) is 51.6 Å². The Labute approximate surface area is 156 Å². The highest BCUT2D eigenvalue weighted by molar-refractivity contribution is 14.1. The molecule has 0 fully saturated rings. The molecule has 0 aliphatic rings. The second-order valence-corrected chi connectivity index (χ2v) is 6.54. The van der Waals surface area contributed by atoms with Gasteiger partial charge in [0, 0.05) is 22.6 Å². The van der Waals surface area contributed by atoms with Gasteiger partial charge in [-0.3, -0.25) is 0 Å². The molecule has 28 heavy (non-hydrogen) atoms. The van der Waals surface area contributed by atoms with E-state index < -0.39 is 81.1 Å². The molecule has 0 aliphatic carbocycles. The average Bonchev–Trinajstić information content (AvgIpc) is 2.44. The van der Waals surface area contributed by atoms with E-state index in [1.807, 2.05) is 0 Å². The van der Waals surface area contributed by atoms with Gasteiger partial charge in [0.25, 0.3) is 0 Å². The van der Waals surface area contributed by atoms with Crippen molar-refractivity contribution in [2.75, 3.05) is 0 Å². The van der Waals surface area contributed by atoms with Crippen LogP contribution in [0.2, 0.25) is 0 Å². The average molecular weight is 574 g/mol. The Balaban J connectivity index is 6.72. The lowest BCUT2D eigenvalue weighted by Gasteiger charge is -2.43. The predicted octanol–water partition coefficient (Wildman–Crippen LogP) is 6.82. The molecule has 0 amide bonds. The van der Waals surface area contributed by atoms with Crippen molar-refractivity contribution in [3.8, 4) is 0 Å². The lowest BCUT2D eigenvalue weighted by molar-refractivity contribution is -0.449. The van der Waals surface area contributed by atoms with Crippen LogP contribution in [0, 0.1) is 0 Å². The summed E-state index contributed by atoms with van der Waals surface area (Å²) in [6.07, 6.45) is -4.46. The molecule has 0 aromatic heterocycles. The Morgan fingerprint density at radius 3 is 0.893 bits per heavy atom. The number of halogens is 18. The molecule has 0 nitrogen and oxygen atoms in total. The van der Waals surface area contributed by atoms with Gasteiger partial charge in [-0.2, -0.15) is 70.2 Å². The van der Waals surface area contributed by atoms with Crippen molar-refractivity contribution in [1.29, 1.82) is 0 Å². The molecular formula is C10H4F17I. The first-order chi connectivity index (χ1) is 11.7. The van der Waals surface area contributed by atoms with Crippen molar-refractivity contribution in [3.63, 3.8) is 0 Å². The highest BCUT2D eigenvalue weighted by Gasteiger charge is 2.95. The Hall–Kier alpha value is -0.460. The van der Waals surface area contributed by atoms with Gasteiger partial charge in [0.1, 0.15) is 0 Å². The maximum Gasteiger partial charge on any atom is 0.387 e. The van der Waals surface area contributed by atoms with E-state index in [1.54, 1.807) is 0 Å². The van der Waals surface area contributed by atoms with Crippen LogP contribution in [-0.2, 0) is 0 Å². The molecule has 0 aromatic carbocycles. The molecule has 170 valence electrons. The van der Waals surface area contributed by atoms with Gasteiger partial charge >= 0.3 is 45.4 Å². The Morgan fingerprint density at radius 1 is 0.464 bits per heavy atom. The van der Waals surface area contributed by atoms with Crippen LogP contribution in [0.25, 0.3) is 0 Å². The van der Waals surface area contributed by atoms with E-state index in [4.69, 9.17) is 0 Å². The molecule has 0 rings (SSSR count). The van der Waals surface area contributed by atoms with E-state index in [-0.39, 0.29) is 0 Å². The standard InChI is InChI=1S/C10H4F17I/c1-2(11)3(12,13)4(14,15)5(16,17)6(18,19)7(20,21)8(22,23)9(24,25)10(26,27)28/h2H,1H3. The van der Waals surface area contributed by atoms with Gasteiger partial charge in [0.2, 0.25) is 0 Å². The zero-order valence-corrected chi connectivity index (χ0v) is 14.5. The van der Waals surface area contributed by atoms with Gasteiger partial charge < -0.3 is 0 Å². The van der Waals surface area contributed by atoms with E-state index in [1.165, 1.54) is 0 Å². The molecule has 0 saturated carbocycles. The van der Waals surface area contributed by atoms with Crippen LogP contribution in [0.3, 0.4) is 0 Å². The smallest absolute Gasteiger partial charge is 0.241 e. The summed E-state index contributed by atoms with van der Waals surface area (Å²) in [6, 6.07) is 0. The number of rotatable bonds is 8. The second kappa shape index (κ2) is 6.78. The van der Waals surface area contributed by atoms with Crippen molar-refractivity contribution >= 4 is 22.6 Å². The molecule has 1 atom stereocenters. The quantitative estimate of drug-likeness (QED) is 0.170. The number of hydrogen-bond donors (Lipinski definition) is 0. The summed E-state index contributed by atoms with van der Waals surface area (Å²) in [5.74, 6) is -55.8. The minimum absolute atomic E-state index is 0.639. The first kappa shape index (κ1) is 27.5. The zero-order valence-electron chi connectivity index (χ0n) is 12.4. The molecule has 0 bridgehead atoms. The SMILES string of the molecule is CC(F)C(F)(F)C(F)(F)C(F)(F)C(F)(F)C(F)(F)C(F)(F)C(F)(F)C(F)(F)I. The normalized spacial score (nSPS) is 17.7. The van der Waals surface area contributed by atoms with Crippen LogP contribution in [0.5, 0.6) is 0 Å². The molecular weight excluding hydrogens is 570 g/mol. The van der Waals surface area contributed by atoms with Gasteiger partial charge in [0.15, 0.2) is 6.17 Å². The third-order valence-electron chi connectivity index (χ3n) is 3.25. The first-order valence-corrected chi connectivity index (χ1v) is 7.13. The Bertz CT molecular complexity index is 571. The largest absolute Gasteiger partial charge is 0.387 e. The highest BCUT2D eigenvalue weighted by atomic mass is 127.